The minimum atomic E-state index is -0.568. The smallest absolute Gasteiger partial charge is 0.290 e. The summed E-state index contributed by atoms with van der Waals surface area (Å²) in [5.41, 5.74) is 1.44. The fraction of sp³-hybridized carbons (Fsp3) is 0.484. The van der Waals surface area contributed by atoms with Gasteiger partial charge in [-0.05, 0) is 55.5 Å². The summed E-state index contributed by atoms with van der Waals surface area (Å²) < 4.78 is 23.5. The highest BCUT2D eigenvalue weighted by Crippen LogP contribution is 2.41. The number of carbonyl (C=O) groups is 1. The lowest BCUT2D eigenvalue weighted by molar-refractivity contribution is 0.0353. The number of hydrogen-bond acceptors (Lipinski definition) is 7. The number of rotatable bonds is 11. The van der Waals surface area contributed by atoms with Crippen LogP contribution < -0.4 is 14.9 Å². The fourth-order valence-electron chi connectivity index (χ4n) is 5.32. The average Bonchev–Trinajstić information content (AvgIpc) is 3.21. The summed E-state index contributed by atoms with van der Waals surface area (Å²) in [6, 6.07) is 12.3. The van der Waals surface area contributed by atoms with Gasteiger partial charge in [-0.1, -0.05) is 32.0 Å². The number of morpholine rings is 1. The Morgan fingerprint density at radius 3 is 2.56 bits per heavy atom. The molecule has 0 spiro atoms. The normalized spacial score (nSPS) is 17.7. The number of para-hydroxylation sites is 1. The standard InChI is InChI=1S/C31H38N2O6/c1-4-37-26-20-22(10-11-25(26)38-17-12-21(2)3)28-27-29(34)23-8-5-6-9-24(23)39-30(27)31(35)33(28)14-7-13-32-15-18-36-19-16-32/h5-6,8-11,20-21,28H,4,7,12-19H2,1-3H3. The van der Waals surface area contributed by atoms with E-state index in [2.05, 4.69) is 18.7 Å². The van der Waals surface area contributed by atoms with Crippen LogP contribution in [0.1, 0.15) is 61.3 Å². The Morgan fingerprint density at radius 1 is 1.00 bits per heavy atom. The number of carbonyl (C=O) groups excluding carboxylic acids is 1. The van der Waals surface area contributed by atoms with Gasteiger partial charge in [0.05, 0.1) is 43.4 Å². The van der Waals surface area contributed by atoms with Crippen LogP contribution >= 0.6 is 0 Å². The number of hydrogen-bond donors (Lipinski definition) is 0. The van der Waals surface area contributed by atoms with E-state index in [1.165, 1.54) is 0 Å². The molecule has 1 amide bonds. The van der Waals surface area contributed by atoms with Crippen molar-refractivity contribution in [1.82, 2.24) is 9.80 Å². The van der Waals surface area contributed by atoms with E-state index in [-0.39, 0.29) is 17.1 Å². The van der Waals surface area contributed by atoms with E-state index < -0.39 is 6.04 Å². The summed E-state index contributed by atoms with van der Waals surface area (Å²) in [6.07, 6.45) is 1.71. The monoisotopic (exact) mass is 534 g/mol. The highest BCUT2D eigenvalue weighted by atomic mass is 16.5. The van der Waals surface area contributed by atoms with Gasteiger partial charge in [-0.15, -0.1) is 0 Å². The Balaban J connectivity index is 1.51. The van der Waals surface area contributed by atoms with Gasteiger partial charge in [0.2, 0.25) is 5.76 Å². The maximum Gasteiger partial charge on any atom is 0.290 e. The Bertz CT molecular complexity index is 1360. The Hall–Kier alpha value is -3.36. The van der Waals surface area contributed by atoms with E-state index in [1.54, 1.807) is 23.1 Å². The third-order valence-corrected chi connectivity index (χ3v) is 7.39. The maximum atomic E-state index is 13.8. The van der Waals surface area contributed by atoms with Gasteiger partial charge < -0.3 is 23.5 Å². The first kappa shape index (κ1) is 27.2. The molecule has 1 unspecified atom stereocenters. The zero-order valence-corrected chi connectivity index (χ0v) is 23.1. The van der Waals surface area contributed by atoms with Gasteiger partial charge in [-0.2, -0.15) is 0 Å². The maximum absolute atomic E-state index is 13.8. The SMILES string of the molecule is CCOc1cc(C2c3c(oc4ccccc4c3=O)C(=O)N2CCCN2CCOCC2)ccc1OCCC(C)C. The van der Waals surface area contributed by atoms with Gasteiger partial charge in [-0.25, -0.2) is 0 Å². The number of amides is 1. The van der Waals surface area contributed by atoms with Crippen molar-refractivity contribution in [2.45, 2.75) is 39.7 Å². The lowest BCUT2D eigenvalue weighted by Gasteiger charge is -2.29. The topological polar surface area (TPSA) is 81.5 Å². The predicted molar refractivity (Wildman–Crippen MR) is 150 cm³/mol. The van der Waals surface area contributed by atoms with Crippen molar-refractivity contribution in [3.63, 3.8) is 0 Å². The van der Waals surface area contributed by atoms with Crippen molar-refractivity contribution in [2.75, 3.05) is 52.6 Å². The summed E-state index contributed by atoms with van der Waals surface area (Å²) in [6.45, 7) is 11.9. The lowest BCUT2D eigenvalue weighted by atomic mass is 9.98. The highest BCUT2D eigenvalue weighted by molar-refractivity contribution is 5.99. The van der Waals surface area contributed by atoms with Crippen LogP contribution in [0.5, 0.6) is 11.5 Å². The molecule has 0 saturated carbocycles. The molecule has 2 aliphatic rings. The highest BCUT2D eigenvalue weighted by Gasteiger charge is 2.42. The lowest BCUT2D eigenvalue weighted by Crippen LogP contribution is -2.38. The quantitative estimate of drug-likeness (QED) is 0.347. The third-order valence-electron chi connectivity index (χ3n) is 7.39. The second kappa shape index (κ2) is 12.2. The number of ether oxygens (including phenoxy) is 3. The Morgan fingerprint density at radius 2 is 1.79 bits per heavy atom. The molecule has 3 heterocycles. The van der Waals surface area contributed by atoms with Gasteiger partial charge in [0.1, 0.15) is 5.58 Å². The predicted octanol–water partition coefficient (Wildman–Crippen LogP) is 4.88. The summed E-state index contributed by atoms with van der Waals surface area (Å²) in [5, 5.41) is 0.475. The van der Waals surface area contributed by atoms with E-state index in [0.717, 1.165) is 51.3 Å². The Labute approximate surface area is 229 Å². The first-order valence-electron chi connectivity index (χ1n) is 14.0. The van der Waals surface area contributed by atoms with Crippen LogP contribution in [0.25, 0.3) is 11.0 Å². The number of benzene rings is 2. The van der Waals surface area contributed by atoms with Gasteiger partial charge in [0, 0.05) is 26.2 Å². The van der Waals surface area contributed by atoms with Gasteiger partial charge in [0.25, 0.3) is 5.91 Å². The van der Waals surface area contributed by atoms with Crippen LogP contribution in [0, 0.1) is 5.92 Å². The first-order chi connectivity index (χ1) is 19.0. The van der Waals surface area contributed by atoms with Crippen molar-refractivity contribution < 1.29 is 23.4 Å². The molecule has 8 nitrogen and oxygen atoms in total. The molecule has 0 N–H and O–H groups in total. The molecule has 1 atom stereocenters. The molecule has 8 heteroatoms. The zero-order valence-electron chi connectivity index (χ0n) is 23.1. The fourth-order valence-corrected chi connectivity index (χ4v) is 5.32. The second-order valence-corrected chi connectivity index (χ2v) is 10.5. The molecule has 0 radical (unpaired) electrons. The van der Waals surface area contributed by atoms with E-state index >= 15 is 0 Å². The van der Waals surface area contributed by atoms with Crippen LogP contribution in [-0.2, 0) is 4.74 Å². The minimum Gasteiger partial charge on any atom is -0.490 e. The summed E-state index contributed by atoms with van der Waals surface area (Å²) in [4.78, 5) is 31.7. The molecule has 208 valence electrons. The van der Waals surface area contributed by atoms with Crippen LogP contribution in [0.4, 0.5) is 0 Å². The van der Waals surface area contributed by atoms with Crippen molar-refractivity contribution in [3.8, 4) is 11.5 Å². The molecule has 39 heavy (non-hydrogen) atoms. The van der Waals surface area contributed by atoms with Crippen LogP contribution in [0.2, 0.25) is 0 Å². The van der Waals surface area contributed by atoms with Crippen LogP contribution in [-0.4, -0.2) is 68.3 Å². The zero-order chi connectivity index (χ0) is 27.4. The van der Waals surface area contributed by atoms with E-state index in [9.17, 15) is 9.59 Å². The Kier molecular flexibility index (Phi) is 8.53. The third kappa shape index (κ3) is 5.82. The van der Waals surface area contributed by atoms with Crippen molar-refractivity contribution >= 4 is 16.9 Å². The molecule has 1 saturated heterocycles. The summed E-state index contributed by atoms with van der Waals surface area (Å²) in [5.74, 6) is 1.68. The number of fused-ring (bicyclic) bond motifs is 2. The first-order valence-corrected chi connectivity index (χ1v) is 14.0. The van der Waals surface area contributed by atoms with E-state index in [4.69, 9.17) is 18.6 Å². The molecular formula is C31H38N2O6. The van der Waals surface area contributed by atoms with Crippen molar-refractivity contribution in [3.05, 3.63) is 69.6 Å². The summed E-state index contributed by atoms with van der Waals surface area (Å²) >= 11 is 0. The molecule has 0 bridgehead atoms. The van der Waals surface area contributed by atoms with Crippen molar-refractivity contribution in [2.24, 2.45) is 5.92 Å². The molecule has 1 fully saturated rings. The van der Waals surface area contributed by atoms with Crippen molar-refractivity contribution in [1.29, 1.82) is 0 Å². The van der Waals surface area contributed by atoms with E-state index in [1.807, 2.05) is 31.2 Å². The molecule has 5 rings (SSSR count). The molecule has 2 aliphatic heterocycles. The molecule has 3 aromatic rings. The van der Waals surface area contributed by atoms with Gasteiger partial charge in [-0.3, -0.25) is 14.5 Å². The summed E-state index contributed by atoms with van der Waals surface area (Å²) in [7, 11) is 0. The molecule has 1 aromatic heterocycles. The molecule has 2 aromatic carbocycles. The van der Waals surface area contributed by atoms with E-state index in [0.29, 0.717) is 53.7 Å². The number of nitrogens with zero attached hydrogens (tertiary/aromatic N) is 2. The van der Waals surface area contributed by atoms with Gasteiger partial charge in [0.15, 0.2) is 16.9 Å². The van der Waals surface area contributed by atoms with Crippen LogP contribution in [0.15, 0.2) is 51.7 Å². The average molecular weight is 535 g/mol. The largest absolute Gasteiger partial charge is 0.490 e. The van der Waals surface area contributed by atoms with Gasteiger partial charge >= 0.3 is 0 Å². The minimum absolute atomic E-state index is 0.130. The molecular weight excluding hydrogens is 496 g/mol. The molecule has 0 aliphatic carbocycles. The second-order valence-electron chi connectivity index (χ2n) is 10.5. The van der Waals surface area contributed by atoms with Crippen LogP contribution in [0.3, 0.4) is 0 Å².